The highest BCUT2D eigenvalue weighted by molar-refractivity contribution is 7.98. The third-order valence-corrected chi connectivity index (χ3v) is 5.09. The van der Waals surface area contributed by atoms with E-state index < -0.39 is 0 Å². The summed E-state index contributed by atoms with van der Waals surface area (Å²) in [4.78, 5) is 24.4. The number of rotatable bonds is 6. The number of amides is 2. The number of fused-ring (bicyclic) bond motifs is 2. The van der Waals surface area contributed by atoms with E-state index in [9.17, 15) is 9.59 Å². The lowest BCUT2D eigenvalue weighted by atomic mass is 10.1. The number of anilines is 1. The second kappa shape index (κ2) is 7.89. The number of benzene rings is 1. The Kier molecular flexibility index (Phi) is 5.16. The highest BCUT2D eigenvalue weighted by atomic mass is 32.2. The molecule has 4 rings (SSSR count). The van der Waals surface area contributed by atoms with Crippen LogP contribution in [0.3, 0.4) is 0 Å². The van der Waals surface area contributed by atoms with Gasteiger partial charge in [0.25, 0.3) is 11.8 Å². The molecule has 0 aliphatic carbocycles. The number of nitrogens with one attached hydrogen (secondary N) is 2. The Morgan fingerprint density at radius 2 is 2.25 bits per heavy atom. The number of hydrogen-bond acceptors (Lipinski definition) is 6. The van der Waals surface area contributed by atoms with Crippen molar-refractivity contribution in [2.24, 2.45) is 0 Å². The van der Waals surface area contributed by atoms with Gasteiger partial charge in [0, 0.05) is 11.8 Å². The molecular weight excluding hydrogens is 378 g/mol. The number of hydrogen-bond donors (Lipinski definition) is 2. The summed E-state index contributed by atoms with van der Waals surface area (Å²) in [5.41, 5.74) is 1.67. The topological polar surface area (TPSA) is 97.6 Å². The van der Waals surface area contributed by atoms with Crippen LogP contribution in [0.5, 0.6) is 5.75 Å². The largest absolute Gasteiger partial charge is 0.482 e. The Morgan fingerprint density at radius 3 is 3.11 bits per heavy atom. The monoisotopic (exact) mass is 397 g/mol. The summed E-state index contributed by atoms with van der Waals surface area (Å²) in [6.45, 7) is -0.0186. The van der Waals surface area contributed by atoms with Crippen LogP contribution in [0.25, 0.3) is 5.65 Å². The first-order chi connectivity index (χ1) is 13.7. The van der Waals surface area contributed by atoms with Crippen LogP contribution in [-0.2, 0) is 4.79 Å². The first kappa shape index (κ1) is 18.3. The van der Waals surface area contributed by atoms with Gasteiger partial charge in [0.15, 0.2) is 18.1 Å². The van der Waals surface area contributed by atoms with Crippen molar-refractivity contribution in [3.63, 3.8) is 0 Å². The molecule has 1 aliphatic heterocycles. The van der Waals surface area contributed by atoms with Crippen molar-refractivity contribution in [3.05, 3.63) is 54.0 Å². The van der Waals surface area contributed by atoms with E-state index in [2.05, 4.69) is 20.8 Å². The highest BCUT2D eigenvalue weighted by Crippen LogP contribution is 2.29. The molecule has 3 heterocycles. The lowest BCUT2D eigenvalue weighted by Gasteiger charge is -2.20. The van der Waals surface area contributed by atoms with Crippen LogP contribution in [0.1, 0.15) is 28.6 Å². The van der Waals surface area contributed by atoms with Gasteiger partial charge in [-0.05, 0) is 48.8 Å². The van der Waals surface area contributed by atoms with Gasteiger partial charge in [0.05, 0.1) is 11.7 Å². The fourth-order valence-corrected chi connectivity index (χ4v) is 3.54. The first-order valence-electron chi connectivity index (χ1n) is 8.82. The van der Waals surface area contributed by atoms with Crippen molar-refractivity contribution in [3.8, 4) is 5.75 Å². The van der Waals surface area contributed by atoms with E-state index in [1.165, 1.54) is 0 Å². The van der Waals surface area contributed by atoms with Gasteiger partial charge < -0.3 is 15.4 Å². The fraction of sp³-hybridized carbons (Fsp3) is 0.263. The van der Waals surface area contributed by atoms with Gasteiger partial charge in [-0.2, -0.15) is 11.8 Å². The smallest absolute Gasteiger partial charge is 0.262 e. The first-order valence-corrected chi connectivity index (χ1v) is 10.2. The van der Waals surface area contributed by atoms with Crippen LogP contribution in [0, 0.1) is 0 Å². The Balaban J connectivity index is 1.59. The second-order valence-electron chi connectivity index (χ2n) is 6.34. The fourth-order valence-electron chi connectivity index (χ4n) is 3.06. The van der Waals surface area contributed by atoms with E-state index in [0.717, 1.165) is 11.4 Å². The molecule has 0 radical (unpaired) electrons. The molecule has 0 fully saturated rings. The number of aromatic nitrogens is 3. The lowest BCUT2D eigenvalue weighted by molar-refractivity contribution is -0.118. The molecule has 2 N–H and O–H groups in total. The third-order valence-electron chi connectivity index (χ3n) is 4.44. The minimum Gasteiger partial charge on any atom is -0.482 e. The molecule has 1 aliphatic rings. The molecule has 0 bridgehead atoms. The van der Waals surface area contributed by atoms with Crippen LogP contribution in [-0.4, -0.2) is 45.0 Å². The molecule has 0 unspecified atom stereocenters. The SMILES string of the molecule is CSCC[C@@H](NC(=O)c1ccc2c(c1)NC(=O)CO2)c1nnc2ccccn12. The van der Waals surface area contributed by atoms with Crippen LogP contribution in [0.2, 0.25) is 0 Å². The number of carbonyl (C=O) groups is 2. The molecule has 2 aromatic heterocycles. The summed E-state index contributed by atoms with van der Waals surface area (Å²) in [6.07, 6.45) is 4.62. The molecule has 0 saturated carbocycles. The zero-order valence-electron chi connectivity index (χ0n) is 15.2. The number of carbonyl (C=O) groups excluding carboxylic acids is 2. The molecule has 0 spiro atoms. The van der Waals surface area contributed by atoms with Crippen LogP contribution in [0.15, 0.2) is 42.6 Å². The summed E-state index contributed by atoms with van der Waals surface area (Å²) >= 11 is 1.70. The van der Waals surface area contributed by atoms with E-state index in [0.29, 0.717) is 29.2 Å². The standard InChI is InChI=1S/C19H19N5O3S/c1-28-9-7-13(18-23-22-16-4-2-3-8-24(16)18)21-19(26)12-5-6-15-14(10-12)20-17(25)11-27-15/h2-6,8,10,13H,7,9,11H2,1H3,(H,20,25)(H,21,26)/t13-/m1/s1. The maximum atomic E-state index is 12.9. The summed E-state index contributed by atoms with van der Waals surface area (Å²) < 4.78 is 7.22. The quantitative estimate of drug-likeness (QED) is 0.662. The average molecular weight is 397 g/mol. The Labute approximate surface area is 165 Å². The molecule has 144 valence electrons. The van der Waals surface area contributed by atoms with Gasteiger partial charge in [-0.1, -0.05) is 6.07 Å². The van der Waals surface area contributed by atoms with E-state index in [4.69, 9.17) is 4.74 Å². The lowest BCUT2D eigenvalue weighted by Crippen LogP contribution is -2.31. The Bertz CT molecular complexity index is 1040. The minimum absolute atomic E-state index is 0.0186. The zero-order valence-corrected chi connectivity index (χ0v) is 16.0. The van der Waals surface area contributed by atoms with E-state index in [1.54, 1.807) is 30.0 Å². The molecular formula is C19H19N5O3S. The number of pyridine rings is 1. The summed E-state index contributed by atoms with van der Waals surface area (Å²) in [5.74, 6) is 1.62. The molecule has 2 amide bonds. The van der Waals surface area contributed by atoms with E-state index in [-0.39, 0.29) is 24.5 Å². The maximum Gasteiger partial charge on any atom is 0.262 e. The molecule has 1 atom stereocenters. The molecule has 8 nitrogen and oxygen atoms in total. The molecule has 28 heavy (non-hydrogen) atoms. The van der Waals surface area contributed by atoms with Gasteiger partial charge >= 0.3 is 0 Å². The molecule has 1 aromatic carbocycles. The van der Waals surface area contributed by atoms with E-state index >= 15 is 0 Å². The molecule has 3 aromatic rings. The Morgan fingerprint density at radius 1 is 1.36 bits per heavy atom. The highest BCUT2D eigenvalue weighted by Gasteiger charge is 2.22. The zero-order chi connectivity index (χ0) is 19.5. The van der Waals surface area contributed by atoms with Crippen molar-refractivity contribution in [2.45, 2.75) is 12.5 Å². The van der Waals surface area contributed by atoms with Crippen LogP contribution < -0.4 is 15.4 Å². The van der Waals surface area contributed by atoms with Gasteiger partial charge in [-0.3, -0.25) is 14.0 Å². The van der Waals surface area contributed by atoms with Crippen molar-refractivity contribution < 1.29 is 14.3 Å². The van der Waals surface area contributed by atoms with Crippen molar-refractivity contribution in [1.29, 1.82) is 0 Å². The van der Waals surface area contributed by atoms with Gasteiger partial charge in [-0.25, -0.2) is 0 Å². The Hall–Kier alpha value is -3.07. The van der Waals surface area contributed by atoms with Gasteiger partial charge in [-0.15, -0.1) is 10.2 Å². The van der Waals surface area contributed by atoms with Crippen LogP contribution in [0.4, 0.5) is 5.69 Å². The maximum absolute atomic E-state index is 12.9. The van der Waals surface area contributed by atoms with Crippen molar-refractivity contribution in [2.75, 3.05) is 23.9 Å². The predicted molar refractivity (Wildman–Crippen MR) is 107 cm³/mol. The molecule has 0 saturated heterocycles. The van der Waals surface area contributed by atoms with Gasteiger partial charge in [0.2, 0.25) is 0 Å². The van der Waals surface area contributed by atoms with Crippen molar-refractivity contribution in [1.82, 2.24) is 19.9 Å². The van der Waals surface area contributed by atoms with E-state index in [1.807, 2.05) is 35.1 Å². The summed E-state index contributed by atoms with van der Waals surface area (Å²) in [7, 11) is 0. The normalized spacial score (nSPS) is 14.1. The molecule has 9 heteroatoms. The average Bonchev–Trinajstić information content (AvgIpc) is 3.14. The minimum atomic E-state index is -0.292. The second-order valence-corrected chi connectivity index (χ2v) is 7.33. The predicted octanol–water partition coefficient (Wildman–Crippen LogP) is 2.28. The summed E-state index contributed by atoms with van der Waals surface area (Å²) in [6, 6.07) is 10.4. The number of thioether (sulfide) groups is 1. The van der Waals surface area contributed by atoms with Crippen LogP contribution >= 0.6 is 11.8 Å². The van der Waals surface area contributed by atoms with Gasteiger partial charge in [0.1, 0.15) is 5.75 Å². The number of nitrogens with zero attached hydrogens (tertiary/aromatic N) is 3. The summed E-state index contributed by atoms with van der Waals surface area (Å²) in [5, 5.41) is 14.2. The number of ether oxygens (including phenoxy) is 1. The van der Waals surface area contributed by atoms with Crippen molar-refractivity contribution >= 4 is 34.9 Å². The third kappa shape index (κ3) is 3.65.